The van der Waals surface area contributed by atoms with Gasteiger partial charge in [-0.25, -0.2) is 9.37 Å². The van der Waals surface area contributed by atoms with Crippen LogP contribution in [0.1, 0.15) is 27.3 Å². The Morgan fingerprint density at radius 3 is 3.00 bits per heavy atom. The number of carbonyl (C=O) groups excluding carboxylic acids is 1. The molecule has 1 aliphatic heterocycles. The molecule has 0 spiro atoms. The zero-order chi connectivity index (χ0) is 21.5. The van der Waals surface area contributed by atoms with Crippen LogP contribution in [0.25, 0.3) is 22.2 Å². The first-order chi connectivity index (χ1) is 15.0. The summed E-state index contributed by atoms with van der Waals surface area (Å²) in [6, 6.07) is 10.4. The van der Waals surface area contributed by atoms with Crippen LogP contribution in [0.2, 0.25) is 0 Å². The van der Waals surface area contributed by atoms with Gasteiger partial charge in [0, 0.05) is 41.0 Å². The molecule has 0 bridgehead atoms. The molecule has 1 aliphatic rings. The SMILES string of the molecule is Cc1cnc(C)c(-c2cc(F)cc3c2OC(CNC(=O)c2ccc4cc[nH]c4c2)C3)n1. The molecule has 5 rings (SSSR count). The molecule has 2 N–H and O–H groups in total. The summed E-state index contributed by atoms with van der Waals surface area (Å²) in [7, 11) is 0. The number of fused-ring (bicyclic) bond motifs is 2. The molecule has 1 amide bonds. The third kappa shape index (κ3) is 3.63. The molecule has 0 fully saturated rings. The molecule has 1 unspecified atom stereocenters. The van der Waals surface area contributed by atoms with Gasteiger partial charge >= 0.3 is 0 Å². The summed E-state index contributed by atoms with van der Waals surface area (Å²) in [4.78, 5) is 24.6. The third-order valence-corrected chi connectivity index (χ3v) is 5.50. The molecule has 4 aromatic rings. The number of halogens is 1. The van der Waals surface area contributed by atoms with E-state index in [4.69, 9.17) is 4.74 Å². The van der Waals surface area contributed by atoms with Crippen molar-refractivity contribution < 1.29 is 13.9 Å². The number of hydrogen-bond acceptors (Lipinski definition) is 4. The maximum atomic E-state index is 14.3. The van der Waals surface area contributed by atoms with Gasteiger partial charge in [-0.1, -0.05) is 6.07 Å². The lowest BCUT2D eigenvalue weighted by atomic mass is 10.0. The number of amides is 1. The predicted molar refractivity (Wildman–Crippen MR) is 116 cm³/mol. The molecule has 0 radical (unpaired) electrons. The van der Waals surface area contributed by atoms with E-state index in [-0.39, 0.29) is 17.8 Å². The largest absolute Gasteiger partial charge is 0.487 e. The van der Waals surface area contributed by atoms with Gasteiger partial charge in [-0.3, -0.25) is 9.78 Å². The van der Waals surface area contributed by atoms with Crippen LogP contribution in [0, 0.1) is 19.7 Å². The molecule has 2 aromatic heterocycles. The van der Waals surface area contributed by atoms with Crippen molar-refractivity contribution in [3.8, 4) is 17.0 Å². The van der Waals surface area contributed by atoms with Gasteiger partial charge in [0.05, 0.1) is 23.6 Å². The number of ether oxygens (including phenoxy) is 1. The third-order valence-electron chi connectivity index (χ3n) is 5.50. The van der Waals surface area contributed by atoms with Crippen LogP contribution in [0.3, 0.4) is 0 Å². The van der Waals surface area contributed by atoms with Crippen molar-refractivity contribution in [1.82, 2.24) is 20.3 Å². The fraction of sp³-hybridized carbons (Fsp3) is 0.208. The van der Waals surface area contributed by atoms with Crippen LogP contribution in [-0.2, 0) is 6.42 Å². The number of nitrogens with zero attached hydrogens (tertiary/aromatic N) is 2. The Kier molecular flexibility index (Phi) is 4.66. The first kappa shape index (κ1) is 19.2. The average Bonchev–Trinajstić information content (AvgIpc) is 3.39. The summed E-state index contributed by atoms with van der Waals surface area (Å²) in [5.74, 6) is 0.0864. The van der Waals surface area contributed by atoms with Crippen LogP contribution in [0.4, 0.5) is 4.39 Å². The summed E-state index contributed by atoms with van der Waals surface area (Å²) < 4.78 is 20.5. The molecule has 31 heavy (non-hydrogen) atoms. The normalized spacial score (nSPS) is 15.0. The van der Waals surface area contributed by atoms with Gasteiger partial charge in [-0.15, -0.1) is 0 Å². The average molecular weight is 416 g/mol. The zero-order valence-electron chi connectivity index (χ0n) is 17.2. The molecular weight excluding hydrogens is 395 g/mol. The van der Waals surface area contributed by atoms with E-state index in [1.165, 1.54) is 12.1 Å². The summed E-state index contributed by atoms with van der Waals surface area (Å²) in [5.41, 5.74) is 4.91. The fourth-order valence-corrected chi connectivity index (χ4v) is 3.97. The lowest BCUT2D eigenvalue weighted by Gasteiger charge is -2.14. The van der Waals surface area contributed by atoms with Gasteiger partial charge in [-0.2, -0.15) is 0 Å². The van der Waals surface area contributed by atoms with Crippen LogP contribution in [0.5, 0.6) is 5.75 Å². The molecule has 7 heteroatoms. The molecule has 1 atom stereocenters. The fourth-order valence-electron chi connectivity index (χ4n) is 3.97. The second-order valence-corrected chi connectivity index (χ2v) is 7.82. The number of aromatic nitrogens is 3. The van der Waals surface area contributed by atoms with Crippen LogP contribution in [-0.4, -0.2) is 33.5 Å². The summed E-state index contributed by atoms with van der Waals surface area (Å²) in [6.45, 7) is 4.00. The van der Waals surface area contributed by atoms with Crippen molar-refractivity contribution in [3.63, 3.8) is 0 Å². The number of hydrogen-bond donors (Lipinski definition) is 2. The highest BCUT2D eigenvalue weighted by Gasteiger charge is 2.28. The van der Waals surface area contributed by atoms with Gasteiger partial charge in [0.25, 0.3) is 5.91 Å². The molecule has 156 valence electrons. The first-order valence-corrected chi connectivity index (χ1v) is 10.1. The first-order valence-electron chi connectivity index (χ1n) is 10.1. The molecule has 0 saturated carbocycles. The standard InChI is InChI=1S/C24H21FN4O2/c1-13-11-27-14(2)22(29-13)20-10-18(25)7-17-8-19(31-23(17)20)12-28-24(30)16-4-3-15-5-6-26-21(15)9-16/h3-7,9-11,19,26H,8,12H2,1-2H3,(H,28,30). The van der Waals surface area contributed by atoms with E-state index < -0.39 is 0 Å². The van der Waals surface area contributed by atoms with Gasteiger partial charge < -0.3 is 15.0 Å². The van der Waals surface area contributed by atoms with E-state index in [1.807, 2.05) is 38.2 Å². The number of nitrogens with one attached hydrogen (secondary N) is 2. The summed E-state index contributed by atoms with van der Waals surface area (Å²) in [5, 5.41) is 3.98. The Balaban J connectivity index is 1.34. The summed E-state index contributed by atoms with van der Waals surface area (Å²) >= 11 is 0. The number of aromatic amines is 1. The minimum atomic E-state index is -0.344. The maximum absolute atomic E-state index is 14.3. The topological polar surface area (TPSA) is 79.9 Å². The molecule has 2 aromatic carbocycles. The van der Waals surface area contributed by atoms with Crippen molar-refractivity contribution in [2.75, 3.05) is 6.54 Å². The lowest BCUT2D eigenvalue weighted by molar-refractivity contribution is 0.0934. The number of carbonyl (C=O) groups is 1. The molecule has 6 nitrogen and oxygen atoms in total. The molecular formula is C24H21FN4O2. The molecule has 0 saturated heterocycles. The molecule has 3 heterocycles. The quantitative estimate of drug-likeness (QED) is 0.525. The Labute approximate surface area is 178 Å². The highest BCUT2D eigenvalue weighted by Crippen LogP contribution is 2.39. The molecule has 0 aliphatic carbocycles. The van der Waals surface area contributed by atoms with Crippen molar-refractivity contribution in [1.29, 1.82) is 0 Å². The highest BCUT2D eigenvalue weighted by molar-refractivity contribution is 5.97. The van der Waals surface area contributed by atoms with Gasteiger partial charge in [-0.05, 0) is 49.6 Å². The maximum Gasteiger partial charge on any atom is 0.251 e. The van der Waals surface area contributed by atoms with Crippen molar-refractivity contribution >= 4 is 16.8 Å². The minimum Gasteiger partial charge on any atom is -0.487 e. The second kappa shape index (κ2) is 7.50. The Bertz CT molecular complexity index is 1310. The number of aryl methyl sites for hydroxylation is 2. The second-order valence-electron chi connectivity index (χ2n) is 7.82. The van der Waals surface area contributed by atoms with E-state index >= 15 is 0 Å². The Morgan fingerprint density at radius 1 is 1.26 bits per heavy atom. The smallest absolute Gasteiger partial charge is 0.251 e. The Hall–Kier alpha value is -3.74. The number of benzene rings is 2. The van der Waals surface area contributed by atoms with E-state index in [9.17, 15) is 9.18 Å². The lowest BCUT2D eigenvalue weighted by Crippen LogP contribution is -2.34. The highest BCUT2D eigenvalue weighted by atomic mass is 19.1. The minimum absolute atomic E-state index is 0.178. The van der Waals surface area contributed by atoms with Crippen molar-refractivity contribution in [3.05, 3.63) is 77.1 Å². The predicted octanol–water partition coefficient (Wildman–Crippen LogP) is 4.11. The van der Waals surface area contributed by atoms with Crippen molar-refractivity contribution in [2.24, 2.45) is 0 Å². The van der Waals surface area contributed by atoms with E-state index in [1.54, 1.807) is 12.3 Å². The van der Waals surface area contributed by atoms with Gasteiger partial charge in [0.15, 0.2) is 0 Å². The van der Waals surface area contributed by atoms with Crippen LogP contribution >= 0.6 is 0 Å². The van der Waals surface area contributed by atoms with Gasteiger partial charge in [0.1, 0.15) is 17.7 Å². The van der Waals surface area contributed by atoms with E-state index in [0.29, 0.717) is 41.2 Å². The van der Waals surface area contributed by atoms with E-state index in [2.05, 4.69) is 20.3 Å². The van der Waals surface area contributed by atoms with E-state index in [0.717, 1.165) is 22.2 Å². The van der Waals surface area contributed by atoms with Crippen molar-refractivity contribution in [2.45, 2.75) is 26.4 Å². The van der Waals surface area contributed by atoms with Gasteiger partial charge in [0.2, 0.25) is 0 Å². The summed E-state index contributed by atoms with van der Waals surface area (Å²) in [6.07, 6.45) is 3.75. The zero-order valence-corrected chi connectivity index (χ0v) is 17.2. The monoisotopic (exact) mass is 416 g/mol. The number of H-pyrrole nitrogens is 1. The number of rotatable bonds is 4. The van der Waals surface area contributed by atoms with Crippen LogP contribution < -0.4 is 10.1 Å². The van der Waals surface area contributed by atoms with Crippen LogP contribution in [0.15, 0.2) is 48.8 Å². The Morgan fingerprint density at radius 2 is 2.13 bits per heavy atom.